The molecule has 1 aliphatic rings. The molecule has 1 fully saturated rings. The molecule has 1 heterocycles. The maximum atomic E-state index is 12.5. The lowest BCUT2D eigenvalue weighted by molar-refractivity contribution is -0.158. The second kappa shape index (κ2) is 7.97. The standard InChI is InChI=1S/C16H29NO6/c1-15(2,3)22-13(18)11(7-8-12-20-9-10-21-12)17-14(19)23-16(4,5)6/h11-12H,7-10H2,1-6H3,(H,17,19)/t11-/m0/s1/i7D,11D/t7-,11-. The van der Waals surface area contributed by atoms with E-state index < -0.39 is 42.0 Å². The highest BCUT2D eigenvalue weighted by Crippen LogP contribution is 2.16. The van der Waals surface area contributed by atoms with Gasteiger partial charge in [0.15, 0.2) is 6.29 Å². The van der Waals surface area contributed by atoms with Crippen LogP contribution < -0.4 is 5.32 Å². The van der Waals surface area contributed by atoms with Crippen molar-refractivity contribution in [1.29, 1.82) is 0 Å². The third-order valence-electron chi connectivity index (χ3n) is 2.46. The summed E-state index contributed by atoms with van der Waals surface area (Å²) in [7, 11) is 0. The molecule has 0 aliphatic carbocycles. The molecule has 2 atom stereocenters. The van der Waals surface area contributed by atoms with E-state index in [2.05, 4.69) is 5.32 Å². The first-order chi connectivity index (χ1) is 11.2. The van der Waals surface area contributed by atoms with E-state index in [1.54, 1.807) is 41.5 Å². The Balaban J connectivity index is 2.94. The molecule has 1 amide bonds. The molecule has 0 radical (unpaired) electrons. The van der Waals surface area contributed by atoms with Crippen molar-refractivity contribution in [3.8, 4) is 0 Å². The lowest BCUT2D eigenvalue weighted by Crippen LogP contribution is -2.46. The van der Waals surface area contributed by atoms with E-state index in [1.807, 2.05) is 0 Å². The minimum Gasteiger partial charge on any atom is -0.458 e. The summed E-state index contributed by atoms with van der Waals surface area (Å²) in [6.07, 6.45) is -3.12. The molecule has 0 aromatic heterocycles. The van der Waals surface area contributed by atoms with Crippen molar-refractivity contribution in [3.63, 3.8) is 0 Å². The molecule has 1 N–H and O–H groups in total. The molecular formula is C16H29NO6. The average Bonchev–Trinajstić information content (AvgIpc) is 2.86. The van der Waals surface area contributed by atoms with Crippen LogP contribution in [0.15, 0.2) is 0 Å². The molecule has 0 unspecified atom stereocenters. The van der Waals surface area contributed by atoms with Crippen molar-refractivity contribution in [1.82, 2.24) is 5.32 Å². The number of nitrogens with one attached hydrogen (secondary N) is 1. The Morgan fingerprint density at radius 2 is 1.70 bits per heavy atom. The van der Waals surface area contributed by atoms with E-state index >= 15 is 0 Å². The normalized spacial score (nSPS) is 21.7. The number of carbonyl (C=O) groups is 2. The molecule has 7 heteroatoms. The maximum Gasteiger partial charge on any atom is 0.408 e. The van der Waals surface area contributed by atoms with Gasteiger partial charge in [-0.25, -0.2) is 9.59 Å². The molecule has 23 heavy (non-hydrogen) atoms. The first-order valence-electron chi connectivity index (χ1n) is 8.71. The zero-order chi connectivity index (χ0) is 19.5. The number of esters is 1. The predicted molar refractivity (Wildman–Crippen MR) is 83.9 cm³/mol. The summed E-state index contributed by atoms with van der Waals surface area (Å²) < 4.78 is 37.5. The second-order valence-corrected chi connectivity index (χ2v) is 7.15. The average molecular weight is 333 g/mol. The Hall–Kier alpha value is -1.34. The van der Waals surface area contributed by atoms with Gasteiger partial charge in [0.05, 0.1) is 14.6 Å². The zero-order valence-corrected chi connectivity index (χ0v) is 14.7. The highest BCUT2D eigenvalue weighted by Gasteiger charge is 2.30. The van der Waals surface area contributed by atoms with Gasteiger partial charge in [0.25, 0.3) is 0 Å². The van der Waals surface area contributed by atoms with Crippen LogP contribution in [0.25, 0.3) is 0 Å². The summed E-state index contributed by atoms with van der Waals surface area (Å²) in [6.45, 7) is 10.7. The number of hydrogen-bond donors (Lipinski definition) is 1. The largest absolute Gasteiger partial charge is 0.458 e. The van der Waals surface area contributed by atoms with Gasteiger partial charge in [0.1, 0.15) is 17.2 Å². The molecule has 1 aliphatic heterocycles. The molecule has 0 bridgehead atoms. The van der Waals surface area contributed by atoms with Crippen LogP contribution in [-0.4, -0.2) is 48.8 Å². The van der Waals surface area contributed by atoms with Crippen LogP contribution in [0.1, 0.15) is 57.1 Å². The smallest absolute Gasteiger partial charge is 0.408 e. The third-order valence-corrected chi connectivity index (χ3v) is 2.46. The fourth-order valence-electron chi connectivity index (χ4n) is 1.69. The van der Waals surface area contributed by atoms with Crippen LogP contribution in [0, 0.1) is 0 Å². The lowest BCUT2D eigenvalue weighted by atomic mass is 10.1. The van der Waals surface area contributed by atoms with E-state index in [-0.39, 0.29) is 6.42 Å². The number of rotatable bonds is 5. The van der Waals surface area contributed by atoms with Gasteiger partial charge in [-0.05, 0) is 47.9 Å². The first kappa shape index (κ1) is 16.5. The zero-order valence-electron chi connectivity index (χ0n) is 16.7. The van der Waals surface area contributed by atoms with Crippen LogP contribution in [-0.2, 0) is 23.7 Å². The minimum absolute atomic E-state index is 0.0709. The SMILES string of the molecule is [2H][C@@H](CC1OCCO1)[C@]([2H])(NC(=O)OC(C)(C)C)C(=O)OC(C)(C)C. The van der Waals surface area contributed by atoms with Gasteiger partial charge < -0.3 is 24.3 Å². The molecule has 0 aromatic carbocycles. The number of hydrogen-bond acceptors (Lipinski definition) is 6. The van der Waals surface area contributed by atoms with Crippen molar-refractivity contribution in [2.24, 2.45) is 0 Å². The first-order valence-corrected chi connectivity index (χ1v) is 7.63. The summed E-state index contributed by atoms with van der Waals surface area (Å²) in [5.41, 5.74) is -1.69. The summed E-state index contributed by atoms with van der Waals surface area (Å²) in [5.74, 6) is -1.04. The molecular weight excluding hydrogens is 302 g/mol. The van der Waals surface area contributed by atoms with Gasteiger partial charge in [0.2, 0.25) is 0 Å². The molecule has 7 nitrogen and oxygen atoms in total. The lowest BCUT2D eigenvalue weighted by Gasteiger charge is -2.26. The predicted octanol–water partition coefficient (Wildman–Crippen LogP) is 2.37. The summed E-state index contributed by atoms with van der Waals surface area (Å²) in [5, 5.41) is 2.18. The van der Waals surface area contributed by atoms with E-state index in [9.17, 15) is 9.59 Å². The van der Waals surface area contributed by atoms with E-state index in [0.717, 1.165) is 0 Å². The highest BCUT2D eigenvalue weighted by molar-refractivity contribution is 5.81. The van der Waals surface area contributed by atoms with Crippen LogP contribution in [0.4, 0.5) is 4.79 Å². The van der Waals surface area contributed by atoms with Gasteiger partial charge in [-0.1, -0.05) is 0 Å². The second-order valence-electron chi connectivity index (χ2n) is 7.15. The Bertz CT molecular complexity index is 482. The van der Waals surface area contributed by atoms with Gasteiger partial charge >= 0.3 is 12.1 Å². The molecule has 1 saturated heterocycles. The maximum absolute atomic E-state index is 12.5. The Morgan fingerprint density at radius 3 is 2.17 bits per heavy atom. The van der Waals surface area contributed by atoms with Crippen LogP contribution in [0.3, 0.4) is 0 Å². The van der Waals surface area contributed by atoms with E-state index in [1.165, 1.54) is 0 Å². The summed E-state index contributed by atoms with van der Waals surface area (Å²) >= 11 is 0. The molecule has 1 rings (SSSR count). The van der Waals surface area contributed by atoms with Crippen LogP contribution in [0.2, 0.25) is 0 Å². The quantitative estimate of drug-likeness (QED) is 0.778. The van der Waals surface area contributed by atoms with Gasteiger partial charge in [0, 0.05) is 7.79 Å². The van der Waals surface area contributed by atoms with Crippen molar-refractivity contribution < 1.29 is 31.3 Å². The fourth-order valence-corrected chi connectivity index (χ4v) is 1.69. The van der Waals surface area contributed by atoms with Gasteiger partial charge in [-0.3, -0.25) is 0 Å². The Labute approximate surface area is 140 Å². The summed E-state index contributed by atoms with van der Waals surface area (Å²) in [6, 6.07) is -2.36. The Kier molecular flexibility index (Phi) is 5.72. The molecule has 134 valence electrons. The number of amides is 1. The number of ether oxygens (including phenoxy) is 4. The topological polar surface area (TPSA) is 83.1 Å². The minimum atomic E-state index is -2.36. The fraction of sp³-hybridized carbons (Fsp3) is 0.875. The number of carbonyl (C=O) groups excluding carboxylic acids is 2. The van der Waals surface area contributed by atoms with Crippen molar-refractivity contribution in [2.75, 3.05) is 13.2 Å². The Morgan fingerprint density at radius 1 is 1.17 bits per heavy atom. The highest BCUT2D eigenvalue weighted by atomic mass is 16.7. The van der Waals surface area contributed by atoms with Gasteiger partial charge in [-0.2, -0.15) is 0 Å². The van der Waals surface area contributed by atoms with E-state index in [4.69, 9.17) is 21.7 Å². The van der Waals surface area contributed by atoms with Crippen molar-refractivity contribution in [2.45, 2.75) is 77.9 Å². The molecule has 0 saturated carbocycles. The molecule has 0 spiro atoms. The van der Waals surface area contributed by atoms with E-state index in [0.29, 0.717) is 13.2 Å². The van der Waals surface area contributed by atoms with Crippen LogP contribution >= 0.6 is 0 Å². The number of alkyl carbamates (subject to hydrolysis) is 1. The third kappa shape index (κ3) is 8.76. The summed E-state index contributed by atoms with van der Waals surface area (Å²) in [4.78, 5) is 24.6. The van der Waals surface area contributed by atoms with Crippen LogP contribution in [0.5, 0.6) is 0 Å². The van der Waals surface area contributed by atoms with Gasteiger partial charge in [-0.15, -0.1) is 0 Å². The molecule has 0 aromatic rings. The van der Waals surface area contributed by atoms with Crippen molar-refractivity contribution >= 4 is 12.1 Å². The monoisotopic (exact) mass is 333 g/mol. The van der Waals surface area contributed by atoms with Crippen molar-refractivity contribution in [3.05, 3.63) is 0 Å².